The second kappa shape index (κ2) is 8.03. The zero-order valence-electron chi connectivity index (χ0n) is 17.4. The lowest BCUT2D eigenvalue weighted by atomic mass is 10.0. The van der Waals surface area contributed by atoms with Crippen LogP contribution < -0.4 is 10.6 Å². The first kappa shape index (κ1) is 19.6. The molecule has 5 aromatic rings. The number of carbonyl (C=O) groups is 1. The van der Waals surface area contributed by atoms with Crippen molar-refractivity contribution < 1.29 is 4.79 Å². The molecule has 0 unspecified atom stereocenters. The number of carbonyl (C=O) groups excluding carboxylic acids is 1. The number of aromatic nitrogens is 4. The van der Waals surface area contributed by atoms with Crippen LogP contribution >= 0.6 is 0 Å². The number of hydrogen-bond acceptors (Lipinski definition) is 4. The van der Waals surface area contributed by atoms with Crippen LogP contribution in [0, 0.1) is 0 Å². The number of anilines is 2. The molecule has 2 aromatic carbocycles. The van der Waals surface area contributed by atoms with Crippen LogP contribution in [0.1, 0.15) is 0 Å². The Hall–Kier alpha value is -4.39. The van der Waals surface area contributed by atoms with E-state index >= 15 is 0 Å². The minimum Gasteiger partial charge on any atom is -0.383 e. The molecule has 3 N–H and O–H groups in total. The molecular formula is C25H22N6O. The van der Waals surface area contributed by atoms with E-state index in [2.05, 4.69) is 39.7 Å². The van der Waals surface area contributed by atoms with E-state index in [4.69, 9.17) is 5.73 Å². The van der Waals surface area contributed by atoms with E-state index in [1.54, 1.807) is 4.90 Å². The van der Waals surface area contributed by atoms with Gasteiger partial charge in [0.1, 0.15) is 17.8 Å². The number of benzene rings is 2. The van der Waals surface area contributed by atoms with Crippen molar-refractivity contribution >= 4 is 39.3 Å². The van der Waals surface area contributed by atoms with Gasteiger partial charge in [-0.3, -0.25) is 4.79 Å². The molecule has 0 aliphatic carbocycles. The van der Waals surface area contributed by atoms with Crippen LogP contribution in [0.25, 0.3) is 33.1 Å². The molecule has 0 bridgehead atoms. The van der Waals surface area contributed by atoms with Gasteiger partial charge in [-0.15, -0.1) is 0 Å². The molecule has 0 aliphatic rings. The summed E-state index contributed by atoms with van der Waals surface area (Å²) in [5.41, 5.74) is 10.8. The van der Waals surface area contributed by atoms with E-state index in [1.807, 2.05) is 53.4 Å². The normalized spacial score (nSPS) is 11.1. The number of para-hydroxylation sites is 1. The first-order valence-electron chi connectivity index (χ1n) is 10.3. The molecule has 158 valence electrons. The van der Waals surface area contributed by atoms with E-state index in [9.17, 15) is 4.79 Å². The Kier molecular flexibility index (Phi) is 4.91. The summed E-state index contributed by atoms with van der Waals surface area (Å²) in [6.07, 6.45) is 6.75. The van der Waals surface area contributed by atoms with Crippen molar-refractivity contribution in [1.29, 1.82) is 0 Å². The molecule has 3 heterocycles. The monoisotopic (exact) mass is 422 g/mol. The Morgan fingerprint density at radius 3 is 2.81 bits per heavy atom. The topological polar surface area (TPSA) is 92.8 Å². The quantitative estimate of drug-likeness (QED) is 0.397. The summed E-state index contributed by atoms with van der Waals surface area (Å²) in [6, 6.07) is 17.8. The first-order chi connectivity index (χ1) is 15.7. The smallest absolute Gasteiger partial charge is 0.250 e. The molecule has 0 atom stereocenters. The van der Waals surface area contributed by atoms with Crippen molar-refractivity contribution in [3.05, 3.63) is 86.0 Å². The average molecular weight is 422 g/mol. The molecule has 1 amide bonds. The number of nitrogens with zero attached hydrogens (tertiary/aromatic N) is 4. The number of fused-ring (bicyclic) bond motifs is 2. The van der Waals surface area contributed by atoms with Gasteiger partial charge in [-0.05, 0) is 41.3 Å². The fraction of sp³-hybridized carbons (Fsp3) is 0.0800. The predicted molar refractivity (Wildman–Crippen MR) is 128 cm³/mol. The van der Waals surface area contributed by atoms with Crippen LogP contribution in [-0.4, -0.2) is 32.0 Å². The minimum atomic E-state index is -0.153. The highest BCUT2D eigenvalue weighted by molar-refractivity contribution is 6.02. The van der Waals surface area contributed by atoms with Crippen molar-refractivity contribution in [3.63, 3.8) is 0 Å². The molecule has 7 nitrogen and oxygen atoms in total. The van der Waals surface area contributed by atoms with Gasteiger partial charge in [-0.25, -0.2) is 9.97 Å². The average Bonchev–Trinajstić information content (AvgIpc) is 3.44. The maximum atomic E-state index is 12.5. The van der Waals surface area contributed by atoms with Crippen LogP contribution in [0.3, 0.4) is 0 Å². The highest BCUT2D eigenvalue weighted by Crippen LogP contribution is 2.34. The summed E-state index contributed by atoms with van der Waals surface area (Å²) in [7, 11) is 0. The highest BCUT2D eigenvalue weighted by atomic mass is 16.2. The second-order valence-corrected chi connectivity index (χ2v) is 7.50. The zero-order chi connectivity index (χ0) is 22.1. The van der Waals surface area contributed by atoms with Crippen molar-refractivity contribution in [2.75, 3.05) is 17.2 Å². The molecule has 0 spiro atoms. The van der Waals surface area contributed by atoms with Gasteiger partial charge in [-0.1, -0.05) is 36.9 Å². The SMILES string of the molecule is C=CC(=O)N(CCn1cc(-c2ccc3cc[nH]c3c2)c2c(N)ncnc21)c1ccccc1. The maximum Gasteiger partial charge on any atom is 0.250 e. The molecule has 0 saturated heterocycles. The van der Waals surface area contributed by atoms with Crippen LogP contribution in [-0.2, 0) is 11.3 Å². The Morgan fingerprint density at radius 1 is 1.16 bits per heavy atom. The van der Waals surface area contributed by atoms with Crippen molar-refractivity contribution in [2.24, 2.45) is 0 Å². The summed E-state index contributed by atoms with van der Waals surface area (Å²) in [5, 5.41) is 1.95. The molecule has 0 aliphatic heterocycles. The number of hydrogen-bond donors (Lipinski definition) is 2. The van der Waals surface area contributed by atoms with E-state index in [1.165, 1.54) is 12.4 Å². The number of rotatable bonds is 6. The number of nitrogen functional groups attached to an aromatic ring is 1. The molecular weight excluding hydrogens is 400 g/mol. The predicted octanol–water partition coefficient (Wildman–Crippen LogP) is 4.38. The van der Waals surface area contributed by atoms with Crippen molar-refractivity contribution in [2.45, 2.75) is 6.54 Å². The Balaban J connectivity index is 1.55. The van der Waals surface area contributed by atoms with Crippen molar-refractivity contribution in [1.82, 2.24) is 19.5 Å². The van der Waals surface area contributed by atoms with E-state index < -0.39 is 0 Å². The number of amides is 1. The number of aromatic amines is 1. The van der Waals surface area contributed by atoms with Gasteiger partial charge in [0.15, 0.2) is 0 Å². The Labute approximate surface area is 184 Å². The first-order valence-corrected chi connectivity index (χ1v) is 10.3. The third-order valence-electron chi connectivity index (χ3n) is 5.62. The fourth-order valence-electron chi connectivity index (χ4n) is 4.04. The highest BCUT2D eigenvalue weighted by Gasteiger charge is 2.18. The molecule has 5 rings (SSSR count). The molecule has 0 fully saturated rings. The van der Waals surface area contributed by atoms with Gasteiger partial charge < -0.3 is 20.2 Å². The summed E-state index contributed by atoms with van der Waals surface area (Å²) in [4.78, 5) is 26.2. The van der Waals surface area contributed by atoms with Crippen LogP contribution in [0.5, 0.6) is 0 Å². The van der Waals surface area contributed by atoms with Gasteiger partial charge in [-0.2, -0.15) is 0 Å². The van der Waals surface area contributed by atoms with Gasteiger partial charge in [0.25, 0.3) is 0 Å². The summed E-state index contributed by atoms with van der Waals surface area (Å²) >= 11 is 0. The lowest BCUT2D eigenvalue weighted by molar-refractivity contribution is -0.114. The van der Waals surface area contributed by atoms with Crippen LogP contribution in [0.15, 0.2) is 86.0 Å². The Morgan fingerprint density at radius 2 is 2.00 bits per heavy atom. The number of nitrogens with two attached hydrogens (primary N) is 1. The third-order valence-corrected chi connectivity index (χ3v) is 5.62. The van der Waals surface area contributed by atoms with E-state index in [0.29, 0.717) is 18.9 Å². The van der Waals surface area contributed by atoms with Gasteiger partial charge in [0.05, 0.1) is 5.39 Å². The standard InChI is InChI=1S/C25H22N6O/c1-2-22(32)31(19-6-4-3-5-7-19)13-12-30-15-20(23-24(26)28-16-29-25(23)30)18-9-8-17-10-11-27-21(17)14-18/h2-11,14-16,27H,1,12-13H2,(H2,26,28,29). The van der Waals surface area contributed by atoms with Gasteiger partial charge in [0, 0.05) is 42.3 Å². The summed E-state index contributed by atoms with van der Waals surface area (Å²) in [6.45, 7) is 4.64. The van der Waals surface area contributed by atoms with E-state index in [0.717, 1.165) is 38.8 Å². The second-order valence-electron chi connectivity index (χ2n) is 7.50. The summed E-state index contributed by atoms with van der Waals surface area (Å²) in [5.74, 6) is 0.275. The third kappa shape index (κ3) is 3.39. The maximum absolute atomic E-state index is 12.5. The lowest BCUT2D eigenvalue weighted by Crippen LogP contribution is -2.32. The fourth-order valence-corrected chi connectivity index (χ4v) is 4.04. The number of H-pyrrole nitrogens is 1. The van der Waals surface area contributed by atoms with E-state index in [-0.39, 0.29) is 5.91 Å². The number of nitrogens with one attached hydrogen (secondary N) is 1. The van der Waals surface area contributed by atoms with Gasteiger partial charge >= 0.3 is 0 Å². The van der Waals surface area contributed by atoms with Crippen molar-refractivity contribution in [3.8, 4) is 11.1 Å². The molecule has 3 aromatic heterocycles. The van der Waals surface area contributed by atoms with Crippen LogP contribution in [0.2, 0.25) is 0 Å². The Bertz CT molecular complexity index is 1430. The van der Waals surface area contributed by atoms with Crippen LogP contribution in [0.4, 0.5) is 11.5 Å². The zero-order valence-corrected chi connectivity index (χ0v) is 17.4. The minimum absolute atomic E-state index is 0.153. The molecule has 7 heteroatoms. The van der Waals surface area contributed by atoms with Gasteiger partial charge in [0.2, 0.25) is 5.91 Å². The molecule has 0 radical (unpaired) electrons. The lowest BCUT2D eigenvalue weighted by Gasteiger charge is -2.21. The molecule has 0 saturated carbocycles. The molecule has 32 heavy (non-hydrogen) atoms. The summed E-state index contributed by atoms with van der Waals surface area (Å²) < 4.78 is 2.02. The largest absolute Gasteiger partial charge is 0.383 e.